The number of carboxylic acids is 1. The molecule has 3 unspecified atom stereocenters. The summed E-state index contributed by atoms with van der Waals surface area (Å²) in [5.41, 5.74) is -0.684. The first-order chi connectivity index (χ1) is 15.0. The van der Waals surface area contributed by atoms with Gasteiger partial charge in [-0.15, -0.1) is 0 Å². The molecular formula is C23H39N3O6. The van der Waals surface area contributed by atoms with E-state index in [-0.39, 0.29) is 6.54 Å². The number of amides is 3. The number of alkyl carbamates (subject to hydrolysis) is 1. The van der Waals surface area contributed by atoms with Crippen molar-refractivity contribution in [3.8, 4) is 0 Å². The highest BCUT2D eigenvalue weighted by molar-refractivity contribution is 5.92. The minimum Gasteiger partial charge on any atom is -0.480 e. The highest BCUT2D eigenvalue weighted by Crippen LogP contribution is 2.19. The van der Waals surface area contributed by atoms with E-state index in [0.29, 0.717) is 19.4 Å². The fraction of sp³-hybridized carbons (Fsp3) is 0.739. The largest absolute Gasteiger partial charge is 0.480 e. The van der Waals surface area contributed by atoms with Crippen LogP contribution in [0, 0.1) is 5.92 Å². The van der Waals surface area contributed by atoms with Gasteiger partial charge in [0.15, 0.2) is 0 Å². The van der Waals surface area contributed by atoms with Gasteiger partial charge in [-0.05, 0) is 46.5 Å². The van der Waals surface area contributed by atoms with Crippen molar-refractivity contribution < 1.29 is 29.0 Å². The fourth-order valence-electron chi connectivity index (χ4n) is 3.50. The van der Waals surface area contributed by atoms with Crippen molar-refractivity contribution in [1.29, 1.82) is 0 Å². The van der Waals surface area contributed by atoms with Gasteiger partial charge in [0.25, 0.3) is 0 Å². The number of rotatable bonds is 11. The lowest BCUT2D eigenvalue weighted by Crippen LogP contribution is -2.53. The molecule has 182 valence electrons. The van der Waals surface area contributed by atoms with Gasteiger partial charge in [-0.3, -0.25) is 9.59 Å². The van der Waals surface area contributed by atoms with Crippen LogP contribution in [0.25, 0.3) is 0 Å². The van der Waals surface area contributed by atoms with Crippen LogP contribution in [0.3, 0.4) is 0 Å². The number of hydrogen-bond donors (Lipinski definition) is 3. The molecule has 0 bridgehead atoms. The molecular weight excluding hydrogens is 414 g/mol. The van der Waals surface area contributed by atoms with Crippen LogP contribution in [-0.2, 0) is 19.1 Å². The molecule has 32 heavy (non-hydrogen) atoms. The van der Waals surface area contributed by atoms with Crippen LogP contribution in [-0.4, -0.2) is 64.7 Å². The number of unbranched alkanes of at least 4 members (excludes halogenated alkanes) is 3. The van der Waals surface area contributed by atoms with Gasteiger partial charge in [0.1, 0.15) is 24.2 Å². The average Bonchev–Trinajstić information content (AvgIpc) is 3.18. The maximum absolute atomic E-state index is 12.8. The normalized spacial score (nSPS) is 18.3. The molecule has 1 rings (SSSR count). The highest BCUT2D eigenvalue weighted by atomic mass is 16.6. The molecule has 1 aliphatic heterocycles. The van der Waals surface area contributed by atoms with Crippen LogP contribution in [0.2, 0.25) is 0 Å². The number of allylic oxidation sites excluding steroid dienone is 1. The molecule has 1 heterocycles. The van der Waals surface area contributed by atoms with Crippen LogP contribution in [0.15, 0.2) is 12.2 Å². The fourth-order valence-corrected chi connectivity index (χ4v) is 3.50. The van der Waals surface area contributed by atoms with Crippen LogP contribution in [0.1, 0.15) is 73.1 Å². The third-order valence-electron chi connectivity index (χ3n) is 5.16. The number of nitrogens with zero attached hydrogens (tertiary/aromatic N) is 1. The number of nitrogens with one attached hydrogen (secondary N) is 2. The van der Waals surface area contributed by atoms with E-state index in [2.05, 4.69) is 17.6 Å². The SMILES string of the molecule is CCCCC/C=C\C(C)C(NC(=O)C1CCCN1C(=O)CNC(=O)OC(C)(C)C)C(=O)O. The quantitative estimate of drug-likeness (QED) is 0.326. The number of carboxylic acid groups (broad SMARTS) is 1. The summed E-state index contributed by atoms with van der Waals surface area (Å²) in [6.07, 6.45) is 8.27. The molecule has 1 saturated heterocycles. The Kier molecular flexibility index (Phi) is 11.2. The minimum atomic E-state index is -1.12. The standard InChI is InChI=1S/C23H39N3O6/c1-6-7-8-9-10-12-16(2)19(21(29)30)25-20(28)17-13-11-14-26(17)18(27)15-24-22(31)32-23(3,4)5/h10,12,16-17,19H,6-9,11,13-15H2,1-5H3,(H,24,31)(H,25,28)(H,29,30)/b12-10-. The maximum atomic E-state index is 12.8. The molecule has 3 atom stereocenters. The lowest BCUT2D eigenvalue weighted by molar-refractivity contribution is -0.144. The van der Waals surface area contributed by atoms with Crippen LogP contribution >= 0.6 is 0 Å². The van der Waals surface area contributed by atoms with Gasteiger partial charge in [0.05, 0.1) is 0 Å². The molecule has 0 radical (unpaired) electrons. The smallest absolute Gasteiger partial charge is 0.408 e. The second-order valence-electron chi connectivity index (χ2n) is 9.21. The predicted octanol–water partition coefficient (Wildman–Crippen LogP) is 2.84. The first-order valence-corrected chi connectivity index (χ1v) is 11.4. The van der Waals surface area contributed by atoms with E-state index < -0.39 is 47.5 Å². The topological polar surface area (TPSA) is 125 Å². The van der Waals surface area contributed by atoms with Crippen molar-refractivity contribution in [1.82, 2.24) is 15.5 Å². The summed E-state index contributed by atoms with van der Waals surface area (Å²) in [5, 5.41) is 14.6. The van der Waals surface area contributed by atoms with E-state index in [1.165, 1.54) is 4.90 Å². The lowest BCUT2D eigenvalue weighted by Gasteiger charge is -2.27. The summed E-state index contributed by atoms with van der Waals surface area (Å²) in [4.78, 5) is 50.3. The molecule has 1 aliphatic rings. The van der Waals surface area contributed by atoms with Crippen molar-refractivity contribution >= 4 is 23.9 Å². The number of hydrogen-bond acceptors (Lipinski definition) is 5. The Labute approximate surface area is 190 Å². The lowest BCUT2D eigenvalue weighted by atomic mass is 10.00. The molecule has 0 aromatic carbocycles. The predicted molar refractivity (Wildman–Crippen MR) is 121 cm³/mol. The summed E-state index contributed by atoms with van der Waals surface area (Å²) in [6, 6.07) is -1.84. The van der Waals surface area contributed by atoms with Gasteiger partial charge in [-0.25, -0.2) is 9.59 Å². The second-order valence-corrected chi connectivity index (χ2v) is 9.21. The van der Waals surface area contributed by atoms with Gasteiger partial charge in [0, 0.05) is 12.5 Å². The summed E-state index contributed by atoms with van der Waals surface area (Å²) in [6.45, 7) is 9.10. The minimum absolute atomic E-state index is 0.294. The third kappa shape index (κ3) is 9.70. The number of likely N-dealkylation sites (tertiary alicyclic amines) is 1. The summed E-state index contributed by atoms with van der Waals surface area (Å²) < 4.78 is 5.11. The van der Waals surface area contributed by atoms with E-state index in [4.69, 9.17) is 4.74 Å². The number of carbonyl (C=O) groups is 4. The molecule has 0 aromatic rings. The van der Waals surface area contributed by atoms with Crippen LogP contribution < -0.4 is 10.6 Å². The molecule has 0 saturated carbocycles. The van der Waals surface area contributed by atoms with Gasteiger partial charge in [-0.2, -0.15) is 0 Å². The van der Waals surface area contributed by atoms with Crippen LogP contribution in [0.4, 0.5) is 4.79 Å². The van der Waals surface area contributed by atoms with Crippen molar-refractivity contribution in [3.05, 3.63) is 12.2 Å². The summed E-state index contributed by atoms with van der Waals surface area (Å²) in [7, 11) is 0. The molecule has 0 spiro atoms. The van der Waals surface area contributed by atoms with Crippen LogP contribution in [0.5, 0.6) is 0 Å². The van der Waals surface area contributed by atoms with E-state index in [1.54, 1.807) is 27.7 Å². The summed E-state index contributed by atoms with van der Waals surface area (Å²) in [5.74, 6) is -2.42. The molecule has 0 aliphatic carbocycles. The first-order valence-electron chi connectivity index (χ1n) is 11.4. The van der Waals surface area contributed by atoms with E-state index in [0.717, 1.165) is 25.7 Å². The zero-order valence-corrected chi connectivity index (χ0v) is 20.0. The number of carbonyl (C=O) groups excluding carboxylic acids is 3. The third-order valence-corrected chi connectivity index (χ3v) is 5.16. The Morgan fingerprint density at radius 1 is 1.22 bits per heavy atom. The van der Waals surface area contributed by atoms with E-state index >= 15 is 0 Å². The van der Waals surface area contributed by atoms with Crippen molar-refractivity contribution in [3.63, 3.8) is 0 Å². The van der Waals surface area contributed by atoms with E-state index in [1.807, 2.05) is 12.2 Å². The van der Waals surface area contributed by atoms with Gasteiger partial charge >= 0.3 is 12.1 Å². The van der Waals surface area contributed by atoms with Gasteiger partial charge in [0.2, 0.25) is 11.8 Å². The average molecular weight is 454 g/mol. The molecule has 9 nitrogen and oxygen atoms in total. The zero-order chi connectivity index (χ0) is 24.3. The highest BCUT2D eigenvalue weighted by Gasteiger charge is 2.36. The van der Waals surface area contributed by atoms with Gasteiger partial charge in [-0.1, -0.05) is 38.8 Å². The maximum Gasteiger partial charge on any atom is 0.408 e. The second kappa shape index (κ2) is 13.1. The Hall–Kier alpha value is -2.58. The first kappa shape index (κ1) is 27.5. The molecule has 1 fully saturated rings. The number of ether oxygens (including phenoxy) is 1. The van der Waals surface area contributed by atoms with Gasteiger partial charge < -0.3 is 25.4 Å². The molecule has 0 aromatic heterocycles. The zero-order valence-electron chi connectivity index (χ0n) is 20.0. The molecule has 3 amide bonds. The van der Waals surface area contributed by atoms with E-state index in [9.17, 15) is 24.3 Å². The molecule has 9 heteroatoms. The Bertz CT molecular complexity index is 686. The monoisotopic (exact) mass is 453 g/mol. The van der Waals surface area contributed by atoms with Crippen molar-refractivity contribution in [2.24, 2.45) is 5.92 Å². The van der Waals surface area contributed by atoms with Crippen molar-refractivity contribution in [2.75, 3.05) is 13.1 Å². The van der Waals surface area contributed by atoms with Crippen molar-refractivity contribution in [2.45, 2.75) is 90.8 Å². The molecule has 3 N–H and O–H groups in total. The number of aliphatic carboxylic acids is 1. The Morgan fingerprint density at radius 3 is 2.50 bits per heavy atom. The Morgan fingerprint density at radius 2 is 1.91 bits per heavy atom. The Balaban J connectivity index is 2.66. The summed E-state index contributed by atoms with van der Waals surface area (Å²) >= 11 is 0.